The SMILES string of the molecule is CN(CC=O)CCCOC(Cl)(C(F)(F)F)C(F)(F)F. The molecule has 0 aliphatic rings. The van der Waals surface area contributed by atoms with Gasteiger partial charge in [0.15, 0.2) is 0 Å². The lowest BCUT2D eigenvalue weighted by Crippen LogP contribution is -2.54. The second kappa shape index (κ2) is 6.76. The average molecular weight is 316 g/mol. The first kappa shape index (κ1) is 18.5. The smallest absolute Gasteiger partial charge is 0.345 e. The molecule has 0 saturated carbocycles. The number of halogens is 7. The predicted octanol–water partition coefficient (Wildman–Crippen LogP) is 2.58. The number of alkyl halides is 7. The Labute approximate surface area is 110 Å². The lowest BCUT2D eigenvalue weighted by Gasteiger charge is -2.31. The van der Waals surface area contributed by atoms with Crippen molar-refractivity contribution in [3.05, 3.63) is 0 Å². The first-order valence-corrected chi connectivity index (χ1v) is 5.42. The number of carbonyl (C=O) groups is 1. The van der Waals surface area contributed by atoms with Crippen LogP contribution in [-0.4, -0.2) is 55.3 Å². The van der Waals surface area contributed by atoms with Crippen LogP contribution in [0.25, 0.3) is 0 Å². The highest BCUT2D eigenvalue weighted by Gasteiger charge is 2.72. The van der Waals surface area contributed by atoms with E-state index in [9.17, 15) is 31.1 Å². The van der Waals surface area contributed by atoms with Crippen molar-refractivity contribution in [1.29, 1.82) is 0 Å². The van der Waals surface area contributed by atoms with Gasteiger partial charge < -0.3 is 9.53 Å². The first-order chi connectivity index (χ1) is 8.45. The third kappa shape index (κ3) is 5.15. The number of hydrogen-bond acceptors (Lipinski definition) is 3. The van der Waals surface area contributed by atoms with E-state index < -0.39 is 24.0 Å². The molecule has 0 bridgehead atoms. The molecule has 3 nitrogen and oxygen atoms in total. The topological polar surface area (TPSA) is 29.5 Å². The van der Waals surface area contributed by atoms with Crippen LogP contribution in [-0.2, 0) is 9.53 Å². The van der Waals surface area contributed by atoms with Crippen molar-refractivity contribution >= 4 is 17.9 Å². The molecule has 114 valence electrons. The number of aldehydes is 1. The normalized spacial score (nSPS) is 13.9. The van der Waals surface area contributed by atoms with Crippen LogP contribution in [0.1, 0.15) is 6.42 Å². The number of rotatable bonds is 7. The molecule has 0 unspecified atom stereocenters. The van der Waals surface area contributed by atoms with Crippen molar-refractivity contribution in [3.8, 4) is 0 Å². The van der Waals surface area contributed by atoms with Crippen molar-refractivity contribution in [2.75, 3.05) is 26.7 Å². The van der Waals surface area contributed by atoms with Gasteiger partial charge in [0.2, 0.25) is 0 Å². The molecule has 19 heavy (non-hydrogen) atoms. The zero-order valence-electron chi connectivity index (χ0n) is 9.82. The Morgan fingerprint density at radius 2 is 1.63 bits per heavy atom. The molecule has 0 aromatic carbocycles. The van der Waals surface area contributed by atoms with Gasteiger partial charge in [-0.25, -0.2) is 0 Å². The predicted molar refractivity (Wildman–Crippen MR) is 54.8 cm³/mol. The van der Waals surface area contributed by atoms with Crippen LogP contribution < -0.4 is 0 Å². The van der Waals surface area contributed by atoms with Crippen LogP contribution >= 0.6 is 11.6 Å². The van der Waals surface area contributed by atoms with E-state index in [0.29, 0.717) is 6.29 Å². The van der Waals surface area contributed by atoms with E-state index in [4.69, 9.17) is 0 Å². The van der Waals surface area contributed by atoms with Gasteiger partial charge in [-0.15, -0.1) is 0 Å². The van der Waals surface area contributed by atoms with Crippen LogP contribution in [0.4, 0.5) is 26.3 Å². The summed E-state index contributed by atoms with van der Waals surface area (Å²) >= 11 is 4.53. The van der Waals surface area contributed by atoms with E-state index in [0.717, 1.165) is 0 Å². The maximum absolute atomic E-state index is 12.3. The second-order valence-electron chi connectivity index (χ2n) is 3.72. The highest BCUT2D eigenvalue weighted by atomic mass is 35.5. The summed E-state index contributed by atoms with van der Waals surface area (Å²) in [6.45, 7) is -0.725. The van der Waals surface area contributed by atoms with Crippen molar-refractivity contribution in [2.45, 2.75) is 23.8 Å². The second-order valence-corrected chi connectivity index (χ2v) is 4.25. The van der Waals surface area contributed by atoms with Crippen LogP contribution in [0.2, 0.25) is 0 Å². The molecule has 10 heteroatoms. The molecule has 0 aliphatic carbocycles. The number of carbonyl (C=O) groups excluding carboxylic acids is 1. The van der Waals surface area contributed by atoms with Crippen molar-refractivity contribution < 1.29 is 35.9 Å². The molecular weight excluding hydrogens is 304 g/mol. The van der Waals surface area contributed by atoms with Gasteiger partial charge in [0.05, 0.1) is 13.2 Å². The third-order valence-electron chi connectivity index (χ3n) is 2.10. The van der Waals surface area contributed by atoms with Crippen molar-refractivity contribution in [3.63, 3.8) is 0 Å². The fourth-order valence-corrected chi connectivity index (χ4v) is 1.17. The summed E-state index contributed by atoms with van der Waals surface area (Å²) in [6.07, 6.45) is -11.1. The molecule has 0 rings (SSSR count). The molecule has 0 saturated heterocycles. The van der Waals surface area contributed by atoms with Gasteiger partial charge in [-0.1, -0.05) is 11.6 Å². The fourth-order valence-electron chi connectivity index (χ4n) is 1.09. The maximum Gasteiger partial charge on any atom is 0.441 e. The molecule has 0 heterocycles. The van der Waals surface area contributed by atoms with E-state index in [1.165, 1.54) is 11.9 Å². The van der Waals surface area contributed by atoms with Gasteiger partial charge in [0.25, 0.3) is 0 Å². The van der Waals surface area contributed by atoms with Crippen LogP contribution in [0.3, 0.4) is 0 Å². The lowest BCUT2D eigenvalue weighted by atomic mass is 10.3. The van der Waals surface area contributed by atoms with Gasteiger partial charge in [-0.2, -0.15) is 26.3 Å². The summed E-state index contributed by atoms with van der Waals surface area (Å²) in [5, 5.41) is -4.71. The average Bonchev–Trinajstić information content (AvgIpc) is 2.21. The minimum absolute atomic E-state index is 0.0184. The Bertz CT molecular complexity index is 279. The molecule has 0 N–H and O–H groups in total. The van der Waals surface area contributed by atoms with Gasteiger partial charge in [-0.05, 0) is 13.5 Å². The summed E-state index contributed by atoms with van der Waals surface area (Å²) in [6, 6.07) is 0. The highest BCUT2D eigenvalue weighted by Crippen LogP contribution is 2.48. The maximum atomic E-state index is 12.3. The Balaban J connectivity index is 4.44. The Kier molecular flexibility index (Phi) is 6.56. The standard InChI is InChI=1S/C9H12ClF6NO2/c1-17(4-5-18)3-2-6-19-7(10,8(11,12)13)9(14,15)16/h5H,2-4,6H2,1H3. The summed E-state index contributed by atoms with van der Waals surface area (Å²) in [7, 11) is 1.48. The largest absolute Gasteiger partial charge is 0.441 e. The summed E-state index contributed by atoms with van der Waals surface area (Å²) < 4.78 is 77.4. The molecule has 0 fully saturated rings. The minimum Gasteiger partial charge on any atom is -0.345 e. The zero-order chi connectivity index (χ0) is 15.3. The van der Waals surface area contributed by atoms with E-state index in [-0.39, 0.29) is 19.5 Å². The third-order valence-corrected chi connectivity index (χ3v) is 2.64. The van der Waals surface area contributed by atoms with Crippen molar-refractivity contribution in [1.82, 2.24) is 4.90 Å². The van der Waals surface area contributed by atoms with E-state index in [2.05, 4.69) is 16.3 Å². The molecule has 0 aromatic heterocycles. The number of likely N-dealkylation sites (N-methyl/N-ethyl adjacent to an activating group) is 1. The van der Waals surface area contributed by atoms with Crippen LogP contribution in [0, 0.1) is 0 Å². The highest BCUT2D eigenvalue weighted by molar-refractivity contribution is 6.24. The molecule has 0 radical (unpaired) electrons. The zero-order valence-corrected chi connectivity index (χ0v) is 10.6. The molecule has 0 spiro atoms. The fraction of sp³-hybridized carbons (Fsp3) is 0.889. The molecule has 0 aliphatic heterocycles. The van der Waals surface area contributed by atoms with Gasteiger partial charge >= 0.3 is 17.4 Å². The van der Waals surface area contributed by atoms with Crippen molar-refractivity contribution in [2.24, 2.45) is 0 Å². The van der Waals surface area contributed by atoms with Gasteiger partial charge in [0, 0.05) is 6.54 Å². The molecule has 0 aromatic rings. The summed E-state index contributed by atoms with van der Waals surface area (Å²) in [5.74, 6) is 0. The van der Waals surface area contributed by atoms with Gasteiger partial charge in [-0.3, -0.25) is 4.90 Å². The van der Waals surface area contributed by atoms with E-state index in [1.54, 1.807) is 0 Å². The van der Waals surface area contributed by atoms with E-state index in [1.807, 2.05) is 0 Å². The minimum atomic E-state index is -5.78. The Morgan fingerprint density at radius 3 is 2.00 bits per heavy atom. The monoisotopic (exact) mass is 315 g/mol. The molecule has 0 amide bonds. The quantitative estimate of drug-likeness (QED) is 0.313. The first-order valence-electron chi connectivity index (χ1n) is 5.04. The number of nitrogens with zero attached hydrogens (tertiary/aromatic N) is 1. The van der Waals surface area contributed by atoms with Crippen LogP contribution in [0.5, 0.6) is 0 Å². The summed E-state index contributed by atoms with van der Waals surface area (Å²) in [5.41, 5.74) is 0. The number of hydrogen-bond donors (Lipinski definition) is 0. The van der Waals surface area contributed by atoms with Crippen LogP contribution in [0.15, 0.2) is 0 Å². The lowest BCUT2D eigenvalue weighted by molar-refractivity contribution is -0.344. The number of ether oxygens (including phenoxy) is 1. The molecular formula is C9H12ClF6NO2. The van der Waals surface area contributed by atoms with Gasteiger partial charge in [0.1, 0.15) is 6.29 Å². The van der Waals surface area contributed by atoms with E-state index >= 15 is 0 Å². The molecule has 0 atom stereocenters. The Morgan fingerprint density at radius 1 is 1.16 bits per heavy atom. The Hall–Kier alpha value is -0.540. The summed E-state index contributed by atoms with van der Waals surface area (Å²) in [4.78, 5) is 11.5.